The number of nitrogens with one attached hydrogen (secondary N) is 1. The Kier molecular flexibility index (Phi) is 5.61. The molecule has 21 heavy (non-hydrogen) atoms. The number of benzene rings is 1. The lowest BCUT2D eigenvalue weighted by Gasteiger charge is -2.25. The standard InChI is InChI=1S/C13H12F6N2/c14-12(15,16)11(13(17,18)19)6-10(7-20)21-8-9-4-2-1-3-5-9/h1-5,10-11,21H,6,8H2. The van der Waals surface area contributed by atoms with Crippen molar-refractivity contribution in [1.82, 2.24) is 5.32 Å². The molecule has 0 spiro atoms. The van der Waals surface area contributed by atoms with Crippen LogP contribution in [-0.2, 0) is 6.54 Å². The van der Waals surface area contributed by atoms with Gasteiger partial charge in [0.2, 0.25) is 0 Å². The molecule has 1 aromatic rings. The number of hydrogen-bond acceptors (Lipinski definition) is 2. The molecule has 0 fully saturated rings. The second-order valence-corrected chi connectivity index (χ2v) is 4.42. The van der Waals surface area contributed by atoms with E-state index in [4.69, 9.17) is 5.26 Å². The summed E-state index contributed by atoms with van der Waals surface area (Å²) in [6.45, 7) is 0.0154. The second-order valence-electron chi connectivity index (χ2n) is 4.42. The number of hydrogen-bond donors (Lipinski definition) is 1. The van der Waals surface area contributed by atoms with E-state index in [0.29, 0.717) is 5.56 Å². The van der Waals surface area contributed by atoms with Crippen LogP contribution in [0.15, 0.2) is 30.3 Å². The second kappa shape index (κ2) is 6.80. The monoisotopic (exact) mass is 310 g/mol. The summed E-state index contributed by atoms with van der Waals surface area (Å²) in [6, 6.07) is 8.25. The molecular weight excluding hydrogens is 298 g/mol. The van der Waals surface area contributed by atoms with Gasteiger partial charge in [-0.2, -0.15) is 31.6 Å². The fraction of sp³-hybridized carbons (Fsp3) is 0.462. The quantitative estimate of drug-likeness (QED) is 0.840. The van der Waals surface area contributed by atoms with Crippen molar-refractivity contribution in [1.29, 1.82) is 5.26 Å². The summed E-state index contributed by atoms with van der Waals surface area (Å²) in [5.74, 6) is -3.52. The van der Waals surface area contributed by atoms with Crippen LogP contribution >= 0.6 is 0 Å². The SMILES string of the molecule is N#CC(CC(C(F)(F)F)C(F)(F)F)NCc1ccccc1. The lowest BCUT2D eigenvalue weighted by molar-refractivity contribution is -0.286. The molecule has 0 saturated carbocycles. The van der Waals surface area contributed by atoms with Gasteiger partial charge in [0, 0.05) is 6.54 Å². The van der Waals surface area contributed by atoms with Crippen LogP contribution in [0.3, 0.4) is 0 Å². The minimum absolute atomic E-state index is 0.0154. The fourth-order valence-corrected chi connectivity index (χ4v) is 1.71. The Balaban J connectivity index is 2.70. The van der Waals surface area contributed by atoms with E-state index in [-0.39, 0.29) is 6.54 Å². The van der Waals surface area contributed by atoms with E-state index in [1.807, 2.05) is 0 Å². The summed E-state index contributed by atoms with van der Waals surface area (Å²) in [4.78, 5) is 0. The third kappa shape index (κ3) is 5.63. The maximum atomic E-state index is 12.4. The fourth-order valence-electron chi connectivity index (χ4n) is 1.71. The third-order valence-electron chi connectivity index (χ3n) is 2.81. The molecule has 1 N–H and O–H groups in total. The molecule has 8 heteroatoms. The molecule has 0 aliphatic rings. The zero-order chi connectivity index (χ0) is 16.1. The molecule has 1 unspecified atom stereocenters. The number of nitrogens with zero attached hydrogens (tertiary/aromatic N) is 1. The molecule has 1 rings (SSSR count). The van der Waals surface area contributed by atoms with Gasteiger partial charge in [-0.05, 0) is 12.0 Å². The average molecular weight is 310 g/mol. The normalized spacial score (nSPS) is 14.0. The predicted molar refractivity (Wildman–Crippen MR) is 62.9 cm³/mol. The molecule has 2 nitrogen and oxygen atoms in total. The van der Waals surface area contributed by atoms with Gasteiger partial charge in [-0.15, -0.1) is 0 Å². The van der Waals surface area contributed by atoms with Crippen LogP contribution in [0.2, 0.25) is 0 Å². The van der Waals surface area contributed by atoms with Crippen molar-refractivity contribution in [2.75, 3.05) is 0 Å². The molecule has 0 heterocycles. The van der Waals surface area contributed by atoms with Gasteiger partial charge >= 0.3 is 12.4 Å². The van der Waals surface area contributed by atoms with Crippen molar-refractivity contribution in [2.45, 2.75) is 31.4 Å². The summed E-state index contributed by atoms with van der Waals surface area (Å²) in [6.07, 6.45) is -12.2. The molecule has 0 aliphatic heterocycles. The van der Waals surface area contributed by atoms with Crippen molar-refractivity contribution >= 4 is 0 Å². The van der Waals surface area contributed by atoms with E-state index in [1.54, 1.807) is 30.3 Å². The van der Waals surface area contributed by atoms with Crippen LogP contribution in [-0.4, -0.2) is 18.4 Å². The van der Waals surface area contributed by atoms with Crippen molar-refractivity contribution in [3.63, 3.8) is 0 Å². The van der Waals surface area contributed by atoms with Crippen molar-refractivity contribution in [2.24, 2.45) is 5.92 Å². The van der Waals surface area contributed by atoms with Crippen molar-refractivity contribution in [3.8, 4) is 6.07 Å². The van der Waals surface area contributed by atoms with Crippen LogP contribution in [0.25, 0.3) is 0 Å². The third-order valence-corrected chi connectivity index (χ3v) is 2.81. The summed E-state index contributed by atoms with van der Waals surface area (Å²) in [5.41, 5.74) is 0.660. The molecule has 0 aromatic heterocycles. The first-order valence-corrected chi connectivity index (χ1v) is 5.95. The van der Waals surface area contributed by atoms with Crippen molar-refractivity contribution in [3.05, 3.63) is 35.9 Å². The van der Waals surface area contributed by atoms with Crippen LogP contribution in [0.5, 0.6) is 0 Å². The number of halogens is 6. The summed E-state index contributed by atoms with van der Waals surface area (Å²) < 4.78 is 74.5. The van der Waals surface area contributed by atoms with E-state index in [2.05, 4.69) is 5.32 Å². The summed E-state index contributed by atoms with van der Waals surface area (Å²) in [7, 11) is 0. The lowest BCUT2D eigenvalue weighted by Crippen LogP contribution is -2.41. The molecule has 1 aromatic carbocycles. The van der Waals surface area contributed by atoms with Crippen molar-refractivity contribution < 1.29 is 26.3 Å². The first kappa shape index (κ1) is 17.3. The van der Waals surface area contributed by atoms with Gasteiger partial charge in [-0.25, -0.2) is 0 Å². The summed E-state index contributed by atoms with van der Waals surface area (Å²) in [5, 5.41) is 11.1. The average Bonchev–Trinajstić information content (AvgIpc) is 2.37. The number of rotatable bonds is 5. The Labute approximate surface area is 117 Å². The first-order valence-electron chi connectivity index (χ1n) is 5.95. The lowest BCUT2D eigenvalue weighted by atomic mass is 9.99. The Bertz CT molecular complexity index is 460. The van der Waals surface area contributed by atoms with Crippen LogP contribution in [0.1, 0.15) is 12.0 Å². The van der Waals surface area contributed by atoms with E-state index >= 15 is 0 Å². The molecule has 0 aliphatic carbocycles. The smallest absolute Gasteiger partial charge is 0.298 e. The molecule has 0 radical (unpaired) electrons. The molecule has 1 atom stereocenters. The predicted octanol–water partition coefficient (Wildman–Crippen LogP) is 3.80. The van der Waals surface area contributed by atoms with Crippen LogP contribution in [0.4, 0.5) is 26.3 Å². The highest BCUT2D eigenvalue weighted by Crippen LogP contribution is 2.41. The number of alkyl halides is 6. The highest BCUT2D eigenvalue weighted by molar-refractivity contribution is 5.14. The van der Waals surface area contributed by atoms with E-state index in [9.17, 15) is 26.3 Å². The van der Waals surface area contributed by atoms with Gasteiger partial charge in [-0.3, -0.25) is 5.32 Å². The molecule has 0 saturated heterocycles. The van der Waals surface area contributed by atoms with Crippen LogP contribution < -0.4 is 5.32 Å². The van der Waals surface area contributed by atoms with Gasteiger partial charge in [0.15, 0.2) is 5.92 Å². The highest BCUT2D eigenvalue weighted by atomic mass is 19.4. The minimum atomic E-state index is -5.43. The molecule has 0 bridgehead atoms. The van der Waals surface area contributed by atoms with Gasteiger partial charge in [0.25, 0.3) is 0 Å². The van der Waals surface area contributed by atoms with E-state index in [1.165, 1.54) is 6.07 Å². The highest BCUT2D eigenvalue weighted by Gasteiger charge is 2.56. The van der Waals surface area contributed by atoms with Gasteiger partial charge in [-0.1, -0.05) is 30.3 Å². The Morgan fingerprint density at radius 2 is 1.52 bits per heavy atom. The Morgan fingerprint density at radius 1 is 1.00 bits per heavy atom. The zero-order valence-corrected chi connectivity index (χ0v) is 10.7. The summed E-state index contributed by atoms with van der Waals surface area (Å²) >= 11 is 0. The molecular formula is C13H12F6N2. The Hall–Kier alpha value is -1.75. The molecule has 116 valence electrons. The van der Waals surface area contributed by atoms with Crippen LogP contribution in [0, 0.1) is 17.2 Å². The largest absolute Gasteiger partial charge is 0.400 e. The maximum Gasteiger partial charge on any atom is 0.400 e. The topological polar surface area (TPSA) is 35.8 Å². The van der Waals surface area contributed by atoms with E-state index < -0.39 is 30.7 Å². The Morgan fingerprint density at radius 3 is 1.95 bits per heavy atom. The van der Waals surface area contributed by atoms with E-state index in [0.717, 1.165) is 0 Å². The van der Waals surface area contributed by atoms with Gasteiger partial charge < -0.3 is 0 Å². The zero-order valence-electron chi connectivity index (χ0n) is 10.7. The van der Waals surface area contributed by atoms with Gasteiger partial charge in [0.1, 0.15) is 0 Å². The first-order chi connectivity index (χ1) is 9.64. The maximum absolute atomic E-state index is 12.4. The minimum Gasteiger partial charge on any atom is -0.298 e. The molecule has 0 amide bonds. The number of nitriles is 1. The van der Waals surface area contributed by atoms with Gasteiger partial charge in [0.05, 0.1) is 12.1 Å².